The third kappa shape index (κ3) is 2.35. The molecule has 1 saturated carbocycles. The summed E-state index contributed by atoms with van der Waals surface area (Å²) in [5, 5.41) is 0. The molecule has 0 spiro atoms. The lowest BCUT2D eigenvalue weighted by atomic mass is 10.1. The van der Waals surface area contributed by atoms with Crippen molar-refractivity contribution >= 4 is 0 Å². The molecule has 54 valence electrons. The summed E-state index contributed by atoms with van der Waals surface area (Å²) in [4.78, 5) is 2.05. The Balaban J connectivity index is 2.11. The average molecular weight is 126 g/mol. The van der Waals surface area contributed by atoms with Crippen LogP contribution in [0.4, 0.5) is 0 Å². The molecule has 0 aromatic heterocycles. The standard InChI is InChI=1S/C8H16N/c1-9(2)7-8-5-3-4-6-8/h8H,1,3-7H2,2H3/q-1. The molecule has 0 aromatic carbocycles. The largest absolute Gasteiger partial charge is 0.462 e. The Bertz CT molecular complexity index is 72.6. The van der Waals surface area contributed by atoms with Crippen LogP contribution in [0.25, 0.3) is 0 Å². The van der Waals surface area contributed by atoms with Gasteiger partial charge in [0.1, 0.15) is 0 Å². The highest BCUT2D eigenvalue weighted by Gasteiger charge is 2.13. The first-order valence-electron chi connectivity index (χ1n) is 3.80. The fourth-order valence-corrected chi connectivity index (χ4v) is 1.63. The van der Waals surface area contributed by atoms with E-state index in [0.717, 1.165) is 5.92 Å². The summed E-state index contributed by atoms with van der Waals surface area (Å²) < 4.78 is 0. The highest BCUT2D eigenvalue weighted by Crippen LogP contribution is 2.24. The van der Waals surface area contributed by atoms with E-state index in [1.165, 1.54) is 32.2 Å². The normalized spacial score (nSPS) is 21.7. The van der Waals surface area contributed by atoms with Crippen LogP contribution in [-0.2, 0) is 0 Å². The summed E-state index contributed by atoms with van der Waals surface area (Å²) in [5.74, 6) is 0.951. The van der Waals surface area contributed by atoms with Crippen molar-refractivity contribution in [2.75, 3.05) is 13.6 Å². The molecule has 0 aromatic rings. The Kier molecular flexibility index (Phi) is 2.52. The van der Waals surface area contributed by atoms with E-state index >= 15 is 0 Å². The molecule has 1 heteroatoms. The number of nitrogens with zero attached hydrogens (tertiary/aromatic N) is 1. The number of rotatable bonds is 2. The predicted molar refractivity (Wildman–Crippen MR) is 39.9 cm³/mol. The van der Waals surface area contributed by atoms with E-state index in [1.54, 1.807) is 0 Å². The first-order chi connectivity index (χ1) is 4.29. The van der Waals surface area contributed by atoms with Crippen LogP contribution in [0.2, 0.25) is 0 Å². The first kappa shape index (κ1) is 7.07. The van der Waals surface area contributed by atoms with Crippen molar-refractivity contribution in [3.63, 3.8) is 0 Å². The van der Waals surface area contributed by atoms with Gasteiger partial charge in [0.25, 0.3) is 0 Å². The average Bonchev–Trinajstić information content (AvgIpc) is 2.15. The summed E-state index contributed by atoms with van der Waals surface area (Å²) in [6.07, 6.45) is 5.75. The molecule has 1 rings (SSSR count). The fourth-order valence-electron chi connectivity index (χ4n) is 1.63. The van der Waals surface area contributed by atoms with Gasteiger partial charge in [-0.25, -0.2) is 0 Å². The van der Waals surface area contributed by atoms with E-state index < -0.39 is 0 Å². The van der Waals surface area contributed by atoms with Crippen molar-refractivity contribution in [2.24, 2.45) is 5.92 Å². The molecule has 0 atom stereocenters. The molecule has 1 aliphatic carbocycles. The predicted octanol–water partition coefficient (Wildman–Crippen LogP) is 1.90. The van der Waals surface area contributed by atoms with E-state index in [2.05, 4.69) is 19.0 Å². The molecule has 1 aliphatic rings. The van der Waals surface area contributed by atoms with Gasteiger partial charge < -0.3 is 4.90 Å². The molecule has 0 radical (unpaired) electrons. The van der Waals surface area contributed by atoms with Crippen LogP contribution in [0.15, 0.2) is 0 Å². The smallest absolute Gasteiger partial charge is 0.0277 e. The topological polar surface area (TPSA) is 3.24 Å². The quantitative estimate of drug-likeness (QED) is 0.511. The van der Waals surface area contributed by atoms with Gasteiger partial charge in [0, 0.05) is 0 Å². The Hall–Kier alpha value is -0.0400. The van der Waals surface area contributed by atoms with Crippen molar-refractivity contribution < 1.29 is 0 Å². The lowest BCUT2D eigenvalue weighted by Gasteiger charge is -2.22. The van der Waals surface area contributed by atoms with Gasteiger partial charge in [-0.05, 0) is 32.4 Å². The molecule has 0 unspecified atom stereocenters. The summed E-state index contributed by atoms with van der Waals surface area (Å²) in [6, 6.07) is 0. The molecule has 1 nitrogen and oxygen atoms in total. The summed E-state index contributed by atoms with van der Waals surface area (Å²) in [7, 11) is 5.89. The molecule has 9 heavy (non-hydrogen) atoms. The van der Waals surface area contributed by atoms with Crippen LogP contribution in [0, 0.1) is 13.0 Å². The first-order valence-corrected chi connectivity index (χ1v) is 3.80. The number of hydrogen-bond acceptors (Lipinski definition) is 1. The van der Waals surface area contributed by atoms with Crippen LogP contribution in [-0.4, -0.2) is 18.5 Å². The molecular formula is C8H16N-. The van der Waals surface area contributed by atoms with Gasteiger partial charge in [-0.15, -0.1) is 0 Å². The van der Waals surface area contributed by atoms with E-state index in [1.807, 2.05) is 0 Å². The lowest BCUT2D eigenvalue weighted by Crippen LogP contribution is -2.17. The van der Waals surface area contributed by atoms with Crippen LogP contribution >= 0.6 is 0 Å². The SMILES string of the molecule is [CH2-]N(C)CC1CCCC1. The summed E-state index contributed by atoms with van der Waals surface area (Å²) in [6.45, 7) is 1.19. The van der Waals surface area contributed by atoms with Gasteiger partial charge in [-0.2, -0.15) is 0 Å². The lowest BCUT2D eigenvalue weighted by molar-refractivity contribution is 0.355. The maximum absolute atomic E-state index is 3.84. The number of hydrogen-bond donors (Lipinski definition) is 0. The molecule has 1 fully saturated rings. The van der Waals surface area contributed by atoms with Gasteiger partial charge in [-0.3, -0.25) is 7.05 Å². The van der Waals surface area contributed by atoms with Crippen molar-refractivity contribution in [3.05, 3.63) is 7.05 Å². The second kappa shape index (κ2) is 3.21. The third-order valence-corrected chi connectivity index (χ3v) is 2.04. The maximum Gasteiger partial charge on any atom is -0.0277 e. The van der Waals surface area contributed by atoms with Crippen LogP contribution in [0.1, 0.15) is 25.7 Å². The van der Waals surface area contributed by atoms with Crippen molar-refractivity contribution in [1.29, 1.82) is 0 Å². The van der Waals surface area contributed by atoms with Gasteiger partial charge in [0.2, 0.25) is 0 Å². The van der Waals surface area contributed by atoms with Gasteiger partial charge in [0.05, 0.1) is 0 Å². The molecule has 0 N–H and O–H groups in total. The highest BCUT2D eigenvalue weighted by molar-refractivity contribution is 4.69. The molecule has 0 heterocycles. The van der Waals surface area contributed by atoms with Crippen LogP contribution < -0.4 is 0 Å². The molecule has 0 saturated heterocycles. The Labute approximate surface area is 58.0 Å². The monoisotopic (exact) mass is 126 g/mol. The maximum atomic E-state index is 3.84. The minimum absolute atomic E-state index is 0.951. The van der Waals surface area contributed by atoms with Gasteiger partial charge >= 0.3 is 0 Å². The second-order valence-corrected chi connectivity index (χ2v) is 3.19. The highest BCUT2D eigenvalue weighted by atomic mass is 15.1. The van der Waals surface area contributed by atoms with Gasteiger partial charge in [-0.1, -0.05) is 12.8 Å². The van der Waals surface area contributed by atoms with Crippen molar-refractivity contribution in [3.8, 4) is 0 Å². The Morgan fingerprint density at radius 1 is 1.44 bits per heavy atom. The van der Waals surface area contributed by atoms with Crippen LogP contribution in [0.3, 0.4) is 0 Å². The van der Waals surface area contributed by atoms with E-state index in [9.17, 15) is 0 Å². The third-order valence-electron chi connectivity index (χ3n) is 2.04. The molecule has 0 bridgehead atoms. The Morgan fingerprint density at radius 3 is 2.44 bits per heavy atom. The zero-order valence-corrected chi connectivity index (χ0v) is 6.27. The van der Waals surface area contributed by atoms with Gasteiger partial charge in [0.15, 0.2) is 0 Å². The van der Waals surface area contributed by atoms with Crippen molar-refractivity contribution in [2.45, 2.75) is 25.7 Å². The minimum Gasteiger partial charge on any atom is -0.462 e. The molecular weight excluding hydrogens is 110 g/mol. The zero-order valence-electron chi connectivity index (χ0n) is 6.27. The Morgan fingerprint density at radius 2 is 2.00 bits per heavy atom. The minimum atomic E-state index is 0.951. The second-order valence-electron chi connectivity index (χ2n) is 3.19. The van der Waals surface area contributed by atoms with Crippen LogP contribution in [0.5, 0.6) is 0 Å². The summed E-state index contributed by atoms with van der Waals surface area (Å²) in [5.41, 5.74) is 0. The zero-order chi connectivity index (χ0) is 6.69. The van der Waals surface area contributed by atoms with E-state index in [0.29, 0.717) is 0 Å². The van der Waals surface area contributed by atoms with E-state index in [4.69, 9.17) is 0 Å². The molecule has 0 aliphatic heterocycles. The van der Waals surface area contributed by atoms with Crippen molar-refractivity contribution in [1.82, 2.24) is 4.90 Å². The fraction of sp³-hybridized carbons (Fsp3) is 0.875. The molecule has 0 amide bonds. The summed E-state index contributed by atoms with van der Waals surface area (Å²) >= 11 is 0. The van der Waals surface area contributed by atoms with E-state index in [-0.39, 0.29) is 0 Å².